The summed E-state index contributed by atoms with van der Waals surface area (Å²) in [6.07, 6.45) is 0.0280. The summed E-state index contributed by atoms with van der Waals surface area (Å²) in [6, 6.07) is 2.84. The van der Waals surface area contributed by atoms with Gasteiger partial charge in [-0.05, 0) is 23.6 Å². The molecule has 1 rings (SSSR count). The topological polar surface area (TPSA) is 92.4 Å². The maximum Gasteiger partial charge on any atom is 0.335 e. The van der Waals surface area contributed by atoms with E-state index in [0.717, 1.165) is 18.2 Å². The number of benzene rings is 1. The molecule has 0 fully saturated rings. The molecule has 0 saturated heterocycles. The number of rotatable bonds is 4. The summed E-state index contributed by atoms with van der Waals surface area (Å²) in [5.74, 6) is -2.33. The molecule has 1 atom stereocenters. The Morgan fingerprint density at radius 2 is 2.00 bits per heavy atom. The van der Waals surface area contributed by atoms with Crippen LogP contribution in [0.4, 0.5) is 10.1 Å². The van der Waals surface area contributed by atoms with Crippen molar-refractivity contribution in [1.29, 1.82) is 0 Å². The van der Waals surface area contributed by atoms with E-state index in [1.54, 1.807) is 0 Å². The van der Waals surface area contributed by atoms with E-state index < -0.39 is 17.7 Å². The fourth-order valence-corrected chi connectivity index (χ4v) is 1.46. The number of carboxylic acids is 1. The lowest BCUT2D eigenvalue weighted by Crippen LogP contribution is -2.38. The summed E-state index contributed by atoms with van der Waals surface area (Å²) in [5.41, 5.74) is 5.37. The average molecular weight is 282 g/mol. The molecule has 0 aliphatic carbocycles. The summed E-state index contributed by atoms with van der Waals surface area (Å²) in [7, 11) is 0. The fraction of sp³-hybridized carbons (Fsp3) is 0.429. The highest BCUT2D eigenvalue weighted by Crippen LogP contribution is 2.21. The minimum Gasteiger partial charge on any atom is -0.478 e. The van der Waals surface area contributed by atoms with Gasteiger partial charge < -0.3 is 16.2 Å². The third-order valence-corrected chi connectivity index (χ3v) is 3.01. The van der Waals surface area contributed by atoms with Crippen molar-refractivity contribution >= 4 is 17.6 Å². The highest BCUT2D eigenvalue weighted by Gasteiger charge is 2.23. The normalized spacial score (nSPS) is 12.8. The van der Waals surface area contributed by atoms with E-state index in [9.17, 15) is 14.0 Å². The first kappa shape index (κ1) is 16.1. The van der Waals surface area contributed by atoms with Gasteiger partial charge in [0.05, 0.1) is 11.3 Å². The van der Waals surface area contributed by atoms with E-state index in [2.05, 4.69) is 5.32 Å². The van der Waals surface area contributed by atoms with E-state index in [1.807, 2.05) is 20.8 Å². The van der Waals surface area contributed by atoms with Gasteiger partial charge in [0, 0.05) is 12.5 Å². The van der Waals surface area contributed by atoms with Crippen LogP contribution in [0.2, 0.25) is 0 Å². The molecule has 0 radical (unpaired) electrons. The number of hydrogen-bond donors (Lipinski definition) is 3. The van der Waals surface area contributed by atoms with Crippen LogP contribution in [0.1, 0.15) is 37.6 Å². The van der Waals surface area contributed by atoms with E-state index in [-0.39, 0.29) is 29.1 Å². The van der Waals surface area contributed by atoms with Crippen molar-refractivity contribution < 1.29 is 19.1 Å². The molecule has 6 heteroatoms. The van der Waals surface area contributed by atoms with E-state index in [0.29, 0.717) is 0 Å². The average Bonchev–Trinajstić information content (AvgIpc) is 2.30. The number of nitrogens with one attached hydrogen (secondary N) is 1. The van der Waals surface area contributed by atoms with Crippen LogP contribution in [-0.2, 0) is 4.79 Å². The van der Waals surface area contributed by atoms with Crippen molar-refractivity contribution in [1.82, 2.24) is 0 Å². The molecule has 5 nitrogen and oxygen atoms in total. The molecule has 1 aromatic rings. The second-order valence-electron chi connectivity index (χ2n) is 5.72. The quantitative estimate of drug-likeness (QED) is 0.789. The van der Waals surface area contributed by atoms with Crippen LogP contribution >= 0.6 is 0 Å². The molecule has 0 aliphatic heterocycles. The number of carbonyl (C=O) groups is 2. The Bertz CT molecular complexity index is 524. The number of halogens is 1. The molecule has 0 aromatic heterocycles. The molecule has 20 heavy (non-hydrogen) atoms. The lowest BCUT2D eigenvalue weighted by Gasteiger charge is -2.26. The standard InChI is InChI=1S/C14H19FN2O3/c1-14(2,3)11(16)7-12(18)17-10-6-8(13(19)20)4-5-9(10)15/h4-6,11H,7,16H2,1-3H3,(H,17,18)(H,19,20). The number of carboxylic acid groups (broad SMARTS) is 1. The van der Waals surface area contributed by atoms with Gasteiger partial charge in [-0.1, -0.05) is 20.8 Å². The third kappa shape index (κ3) is 4.31. The second-order valence-corrected chi connectivity index (χ2v) is 5.72. The Morgan fingerprint density at radius 1 is 1.40 bits per heavy atom. The lowest BCUT2D eigenvalue weighted by molar-refractivity contribution is -0.117. The van der Waals surface area contributed by atoms with Crippen LogP contribution in [0.5, 0.6) is 0 Å². The fourth-order valence-electron chi connectivity index (χ4n) is 1.46. The first-order valence-corrected chi connectivity index (χ1v) is 6.19. The van der Waals surface area contributed by atoms with Gasteiger partial charge >= 0.3 is 5.97 Å². The first-order chi connectivity index (χ1) is 9.11. The predicted octanol–water partition coefficient (Wildman–Crippen LogP) is 2.23. The highest BCUT2D eigenvalue weighted by molar-refractivity contribution is 5.94. The Labute approximate surface area is 117 Å². The van der Waals surface area contributed by atoms with Crippen LogP contribution in [0.3, 0.4) is 0 Å². The van der Waals surface area contributed by atoms with Crippen LogP contribution in [0.15, 0.2) is 18.2 Å². The van der Waals surface area contributed by atoms with Crippen molar-refractivity contribution in [2.75, 3.05) is 5.32 Å². The van der Waals surface area contributed by atoms with Gasteiger partial charge in [-0.15, -0.1) is 0 Å². The first-order valence-electron chi connectivity index (χ1n) is 6.19. The molecular formula is C14H19FN2O3. The molecule has 0 bridgehead atoms. The smallest absolute Gasteiger partial charge is 0.335 e. The van der Waals surface area contributed by atoms with E-state index in [1.165, 1.54) is 0 Å². The SMILES string of the molecule is CC(C)(C)C(N)CC(=O)Nc1cc(C(=O)O)ccc1F. The van der Waals surface area contributed by atoms with Crippen LogP contribution in [0, 0.1) is 11.2 Å². The number of anilines is 1. The van der Waals surface area contributed by atoms with E-state index >= 15 is 0 Å². The summed E-state index contributed by atoms with van der Waals surface area (Å²) in [6.45, 7) is 5.70. The van der Waals surface area contributed by atoms with Gasteiger partial charge in [-0.3, -0.25) is 4.79 Å². The minimum atomic E-state index is -1.19. The third-order valence-electron chi connectivity index (χ3n) is 3.01. The molecule has 0 aliphatic rings. The lowest BCUT2D eigenvalue weighted by atomic mass is 9.85. The van der Waals surface area contributed by atoms with Crippen molar-refractivity contribution in [3.05, 3.63) is 29.6 Å². The Balaban J connectivity index is 2.80. The number of nitrogens with two attached hydrogens (primary N) is 1. The second kappa shape index (κ2) is 6.00. The van der Waals surface area contributed by atoms with Crippen LogP contribution < -0.4 is 11.1 Å². The van der Waals surface area contributed by atoms with Crippen molar-refractivity contribution in [3.63, 3.8) is 0 Å². The van der Waals surface area contributed by atoms with Gasteiger partial charge in [0.1, 0.15) is 5.82 Å². The summed E-state index contributed by atoms with van der Waals surface area (Å²) < 4.78 is 13.5. The minimum absolute atomic E-state index is 0.0280. The zero-order chi connectivity index (χ0) is 15.5. The van der Waals surface area contributed by atoms with Gasteiger partial charge in [0.2, 0.25) is 5.91 Å². The maximum absolute atomic E-state index is 13.5. The highest BCUT2D eigenvalue weighted by atomic mass is 19.1. The Kier molecular flexibility index (Phi) is 4.83. The monoisotopic (exact) mass is 282 g/mol. The molecule has 4 N–H and O–H groups in total. The number of hydrogen-bond acceptors (Lipinski definition) is 3. The molecular weight excluding hydrogens is 263 g/mol. The Morgan fingerprint density at radius 3 is 2.50 bits per heavy atom. The molecule has 0 saturated carbocycles. The number of aromatic carboxylic acids is 1. The predicted molar refractivity (Wildman–Crippen MR) is 74.0 cm³/mol. The zero-order valence-electron chi connectivity index (χ0n) is 11.7. The largest absolute Gasteiger partial charge is 0.478 e. The summed E-state index contributed by atoms with van der Waals surface area (Å²) in [5, 5.41) is 11.2. The molecule has 110 valence electrons. The summed E-state index contributed by atoms with van der Waals surface area (Å²) in [4.78, 5) is 22.6. The molecule has 1 amide bonds. The molecule has 0 spiro atoms. The van der Waals surface area contributed by atoms with Gasteiger partial charge in [0.15, 0.2) is 0 Å². The van der Waals surface area contributed by atoms with Crippen LogP contribution in [-0.4, -0.2) is 23.0 Å². The zero-order valence-corrected chi connectivity index (χ0v) is 11.7. The molecule has 1 aromatic carbocycles. The van der Waals surface area contributed by atoms with Gasteiger partial charge in [-0.2, -0.15) is 0 Å². The maximum atomic E-state index is 13.5. The van der Waals surface area contributed by atoms with Gasteiger partial charge in [0.25, 0.3) is 0 Å². The molecule has 1 unspecified atom stereocenters. The Hall–Kier alpha value is -1.95. The number of carbonyl (C=O) groups excluding carboxylic acids is 1. The summed E-state index contributed by atoms with van der Waals surface area (Å²) >= 11 is 0. The van der Waals surface area contributed by atoms with Crippen molar-refractivity contribution in [3.8, 4) is 0 Å². The van der Waals surface area contributed by atoms with Crippen molar-refractivity contribution in [2.45, 2.75) is 33.2 Å². The number of amides is 1. The molecule has 0 heterocycles. The van der Waals surface area contributed by atoms with Crippen molar-refractivity contribution in [2.24, 2.45) is 11.1 Å². The van der Waals surface area contributed by atoms with Crippen LogP contribution in [0.25, 0.3) is 0 Å². The van der Waals surface area contributed by atoms with Gasteiger partial charge in [-0.25, -0.2) is 9.18 Å². The van der Waals surface area contributed by atoms with E-state index in [4.69, 9.17) is 10.8 Å².